The molecule has 0 radical (unpaired) electrons. The first kappa shape index (κ1) is 22.1. The lowest BCUT2D eigenvalue weighted by molar-refractivity contribution is 0.0200. The van der Waals surface area contributed by atoms with Crippen molar-refractivity contribution in [3.05, 3.63) is 59.9 Å². The molecule has 0 N–H and O–H groups in total. The number of amides is 1. The molecule has 0 aliphatic carbocycles. The number of halogens is 1. The predicted molar refractivity (Wildman–Crippen MR) is 124 cm³/mol. The lowest BCUT2D eigenvalue weighted by Gasteiger charge is -2.37. The third-order valence-electron chi connectivity index (χ3n) is 5.86. The summed E-state index contributed by atoms with van der Waals surface area (Å²) >= 11 is 0. The molecule has 7 heteroatoms. The summed E-state index contributed by atoms with van der Waals surface area (Å²) in [5.41, 5.74) is 2.52. The number of carbonyl (C=O) groups is 1. The van der Waals surface area contributed by atoms with Crippen LogP contribution in [0, 0.1) is 5.82 Å². The van der Waals surface area contributed by atoms with Crippen molar-refractivity contribution in [2.24, 2.45) is 0 Å². The summed E-state index contributed by atoms with van der Waals surface area (Å²) in [6.07, 6.45) is 1.41. The normalized spacial score (nSPS) is 15.2. The second-order valence-electron chi connectivity index (χ2n) is 9.42. The number of anilines is 1. The van der Waals surface area contributed by atoms with Crippen LogP contribution < -0.4 is 4.90 Å². The molecule has 32 heavy (non-hydrogen) atoms. The maximum Gasteiger partial charge on any atom is 0.410 e. The summed E-state index contributed by atoms with van der Waals surface area (Å²) in [6.45, 7) is 7.86. The highest BCUT2D eigenvalue weighted by molar-refractivity contribution is 5.79. The van der Waals surface area contributed by atoms with Crippen LogP contribution in [0.25, 0.3) is 11.0 Å². The van der Waals surface area contributed by atoms with E-state index in [9.17, 15) is 9.18 Å². The summed E-state index contributed by atoms with van der Waals surface area (Å²) in [5.74, 6) is 0.675. The van der Waals surface area contributed by atoms with Gasteiger partial charge in [-0.15, -0.1) is 0 Å². The smallest absolute Gasteiger partial charge is 0.410 e. The van der Waals surface area contributed by atoms with Crippen molar-refractivity contribution in [1.82, 2.24) is 14.5 Å². The van der Waals surface area contributed by atoms with Gasteiger partial charge in [0.2, 0.25) is 5.95 Å². The molecule has 0 saturated carbocycles. The molecule has 1 aliphatic heterocycles. The highest BCUT2D eigenvalue weighted by Gasteiger charge is 2.30. The van der Waals surface area contributed by atoms with Gasteiger partial charge in [-0.1, -0.05) is 24.3 Å². The van der Waals surface area contributed by atoms with E-state index in [0.717, 1.165) is 48.5 Å². The minimum atomic E-state index is -0.503. The third-order valence-corrected chi connectivity index (χ3v) is 5.86. The summed E-state index contributed by atoms with van der Waals surface area (Å²) in [7, 11) is 1.82. The van der Waals surface area contributed by atoms with Gasteiger partial charge in [0.25, 0.3) is 0 Å². The quantitative estimate of drug-likeness (QED) is 0.571. The SMILES string of the molecule is CN(C(=O)OC(C)(C)C)C1CCN(c2nc3ccccc3n2Cc2ccc(F)cc2)CC1. The summed E-state index contributed by atoms with van der Waals surface area (Å²) < 4.78 is 21.1. The molecule has 3 aromatic rings. The standard InChI is InChI=1S/C25H31FN4O2/c1-25(2,3)32-24(31)28(4)20-13-15-29(16-14-20)23-27-21-7-5-6-8-22(21)30(23)17-18-9-11-19(26)12-10-18/h5-12,20H,13-17H2,1-4H3. The van der Waals surface area contributed by atoms with Gasteiger partial charge in [-0.2, -0.15) is 0 Å². The summed E-state index contributed by atoms with van der Waals surface area (Å²) in [4.78, 5) is 21.4. The number of nitrogens with zero attached hydrogens (tertiary/aromatic N) is 4. The largest absolute Gasteiger partial charge is 0.444 e. The van der Waals surface area contributed by atoms with Crippen molar-refractivity contribution < 1.29 is 13.9 Å². The minimum absolute atomic E-state index is 0.135. The van der Waals surface area contributed by atoms with Crippen LogP contribution in [-0.4, -0.2) is 52.3 Å². The molecule has 170 valence electrons. The first-order valence-electron chi connectivity index (χ1n) is 11.1. The number of carbonyl (C=O) groups excluding carboxylic acids is 1. The van der Waals surface area contributed by atoms with Crippen LogP contribution in [-0.2, 0) is 11.3 Å². The first-order valence-corrected chi connectivity index (χ1v) is 11.1. The fraction of sp³-hybridized carbons (Fsp3) is 0.440. The fourth-order valence-electron chi connectivity index (χ4n) is 4.17. The van der Waals surface area contributed by atoms with E-state index in [2.05, 4.69) is 15.5 Å². The topological polar surface area (TPSA) is 50.6 Å². The molecule has 6 nitrogen and oxygen atoms in total. The van der Waals surface area contributed by atoms with Crippen LogP contribution in [0.1, 0.15) is 39.2 Å². The van der Waals surface area contributed by atoms with E-state index in [1.165, 1.54) is 12.1 Å². The van der Waals surface area contributed by atoms with Gasteiger partial charge in [0.15, 0.2) is 0 Å². The average molecular weight is 439 g/mol. The number of aromatic nitrogens is 2. The van der Waals surface area contributed by atoms with E-state index in [4.69, 9.17) is 9.72 Å². The van der Waals surface area contributed by atoms with Gasteiger partial charge < -0.3 is 19.1 Å². The molecule has 2 aromatic carbocycles. The maximum absolute atomic E-state index is 13.4. The fourth-order valence-corrected chi connectivity index (χ4v) is 4.17. The number of rotatable bonds is 4. The van der Waals surface area contributed by atoms with E-state index in [0.29, 0.717) is 6.54 Å². The third kappa shape index (κ3) is 4.87. The number of piperidine rings is 1. The highest BCUT2D eigenvalue weighted by atomic mass is 19.1. The zero-order chi connectivity index (χ0) is 22.9. The maximum atomic E-state index is 13.4. The monoisotopic (exact) mass is 438 g/mol. The van der Waals surface area contributed by atoms with Crippen LogP contribution in [0.15, 0.2) is 48.5 Å². The molecule has 1 aromatic heterocycles. The Morgan fingerprint density at radius 1 is 1.12 bits per heavy atom. The average Bonchev–Trinajstić information content (AvgIpc) is 3.12. The Bertz CT molecular complexity index is 1080. The van der Waals surface area contributed by atoms with Gasteiger partial charge in [0.1, 0.15) is 11.4 Å². The lowest BCUT2D eigenvalue weighted by Crippen LogP contribution is -2.47. The molecule has 0 bridgehead atoms. The second kappa shape index (κ2) is 8.81. The Balaban J connectivity index is 1.52. The van der Waals surface area contributed by atoms with Gasteiger partial charge >= 0.3 is 6.09 Å². The van der Waals surface area contributed by atoms with Crippen LogP contribution in [0.5, 0.6) is 0 Å². The van der Waals surface area contributed by atoms with Crippen LogP contribution in [0.2, 0.25) is 0 Å². The number of hydrogen-bond acceptors (Lipinski definition) is 4. The summed E-state index contributed by atoms with van der Waals surface area (Å²) in [5, 5.41) is 0. The molecule has 0 unspecified atom stereocenters. The number of imidazole rings is 1. The Labute approximate surface area is 188 Å². The zero-order valence-corrected chi connectivity index (χ0v) is 19.2. The van der Waals surface area contributed by atoms with Crippen LogP contribution >= 0.6 is 0 Å². The van der Waals surface area contributed by atoms with Crippen molar-refractivity contribution in [2.45, 2.75) is 51.8 Å². The molecule has 1 saturated heterocycles. The molecular formula is C25H31FN4O2. The van der Waals surface area contributed by atoms with Gasteiger partial charge in [-0.25, -0.2) is 14.2 Å². The molecule has 1 amide bonds. The van der Waals surface area contributed by atoms with Crippen molar-refractivity contribution in [1.29, 1.82) is 0 Å². The van der Waals surface area contributed by atoms with E-state index in [1.807, 2.05) is 58.2 Å². The van der Waals surface area contributed by atoms with Gasteiger partial charge in [-0.05, 0) is 63.4 Å². The second-order valence-corrected chi connectivity index (χ2v) is 9.42. The molecule has 4 rings (SSSR count). The van der Waals surface area contributed by atoms with E-state index in [1.54, 1.807) is 4.90 Å². The number of para-hydroxylation sites is 2. The predicted octanol–water partition coefficient (Wildman–Crippen LogP) is 5.06. The van der Waals surface area contributed by atoms with E-state index >= 15 is 0 Å². The van der Waals surface area contributed by atoms with Gasteiger partial charge in [0.05, 0.1) is 17.6 Å². The Morgan fingerprint density at radius 3 is 2.44 bits per heavy atom. The highest BCUT2D eigenvalue weighted by Crippen LogP contribution is 2.28. The Kier molecular flexibility index (Phi) is 6.09. The number of ether oxygens (including phenoxy) is 1. The van der Waals surface area contributed by atoms with Crippen molar-refractivity contribution in [3.8, 4) is 0 Å². The molecule has 2 heterocycles. The van der Waals surface area contributed by atoms with E-state index < -0.39 is 5.60 Å². The summed E-state index contributed by atoms with van der Waals surface area (Å²) in [6, 6.07) is 14.8. The van der Waals surface area contributed by atoms with Crippen LogP contribution in [0.4, 0.5) is 15.1 Å². The minimum Gasteiger partial charge on any atom is -0.444 e. The number of fused-ring (bicyclic) bond motifs is 1. The van der Waals surface area contributed by atoms with Gasteiger partial charge in [0, 0.05) is 26.2 Å². The molecule has 1 aliphatic rings. The molecule has 0 atom stereocenters. The first-order chi connectivity index (χ1) is 15.2. The van der Waals surface area contributed by atoms with Crippen LogP contribution in [0.3, 0.4) is 0 Å². The Morgan fingerprint density at radius 2 is 1.78 bits per heavy atom. The van der Waals surface area contributed by atoms with Crippen molar-refractivity contribution in [3.63, 3.8) is 0 Å². The number of hydrogen-bond donors (Lipinski definition) is 0. The lowest BCUT2D eigenvalue weighted by atomic mass is 10.0. The molecular weight excluding hydrogens is 407 g/mol. The molecule has 1 fully saturated rings. The van der Waals surface area contributed by atoms with E-state index in [-0.39, 0.29) is 18.0 Å². The van der Waals surface area contributed by atoms with Gasteiger partial charge in [-0.3, -0.25) is 0 Å². The zero-order valence-electron chi connectivity index (χ0n) is 19.2. The van der Waals surface area contributed by atoms with Crippen molar-refractivity contribution >= 4 is 23.1 Å². The number of benzene rings is 2. The Hall–Kier alpha value is -3.09. The molecule has 0 spiro atoms. The van der Waals surface area contributed by atoms with Crippen molar-refractivity contribution in [2.75, 3.05) is 25.0 Å².